The van der Waals surface area contributed by atoms with E-state index in [0.717, 1.165) is 18.4 Å². The van der Waals surface area contributed by atoms with E-state index in [0.29, 0.717) is 36.7 Å². The first-order valence-electron chi connectivity index (χ1n) is 9.42. The number of aryl methyl sites for hydroxylation is 1. The zero-order chi connectivity index (χ0) is 19.8. The maximum atomic E-state index is 12.8. The van der Waals surface area contributed by atoms with Crippen LogP contribution in [0.5, 0.6) is 0 Å². The minimum absolute atomic E-state index is 0.0635. The Bertz CT molecular complexity index is 933. The largest absolute Gasteiger partial charge is 0.372 e. The van der Waals surface area contributed by atoms with Crippen LogP contribution in [0.4, 0.5) is 0 Å². The quantitative estimate of drug-likeness (QED) is 0.780. The van der Waals surface area contributed by atoms with E-state index in [9.17, 15) is 13.2 Å². The van der Waals surface area contributed by atoms with E-state index >= 15 is 0 Å². The minimum atomic E-state index is -3.48. The molecule has 0 unspecified atom stereocenters. The monoisotopic (exact) mass is 420 g/mol. The number of rotatable bonds is 6. The van der Waals surface area contributed by atoms with Gasteiger partial charge in [0, 0.05) is 37.2 Å². The Labute approximate surface area is 169 Å². The van der Waals surface area contributed by atoms with E-state index in [1.807, 2.05) is 29.8 Å². The highest BCUT2D eigenvalue weighted by atomic mass is 32.2. The summed E-state index contributed by atoms with van der Waals surface area (Å²) in [6.07, 6.45) is 1.68. The van der Waals surface area contributed by atoms with Crippen LogP contribution in [0.15, 0.2) is 46.0 Å². The number of ether oxygens (including phenoxy) is 1. The van der Waals surface area contributed by atoms with Gasteiger partial charge in [-0.15, -0.1) is 0 Å². The number of benzene rings is 1. The number of hydrogen-bond donors (Lipinski definition) is 1. The molecule has 150 valence electrons. The summed E-state index contributed by atoms with van der Waals surface area (Å²) in [6.45, 7) is 3.90. The van der Waals surface area contributed by atoms with Crippen molar-refractivity contribution >= 4 is 27.3 Å². The normalized spacial score (nSPS) is 21.5. The standard InChI is InChI=1S/C20H24N2O4S2/c1-15-2-4-18(5-3-15)28(24,25)22-13-20(14-22)17(7-10-26-20)6-9-21-19(23)16-8-11-27-12-16/h2-5,8,11-12,17H,6-7,9-10,13-14H2,1H3,(H,21,23)/t17-/m0/s1. The van der Waals surface area contributed by atoms with E-state index in [2.05, 4.69) is 5.32 Å². The summed E-state index contributed by atoms with van der Waals surface area (Å²) in [5.41, 5.74) is 1.30. The van der Waals surface area contributed by atoms with Crippen LogP contribution in [-0.2, 0) is 14.8 Å². The lowest BCUT2D eigenvalue weighted by Crippen LogP contribution is -2.66. The highest BCUT2D eigenvalue weighted by Gasteiger charge is 2.56. The van der Waals surface area contributed by atoms with E-state index in [4.69, 9.17) is 4.74 Å². The lowest BCUT2D eigenvalue weighted by molar-refractivity contribution is -0.102. The Balaban J connectivity index is 1.34. The number of amides is 1. The molecule has 1 aromatic heterocycles. The molecule has 2 saturated heterocycles. The highest BCUT2D eigenvalue weighted by molar-refractivity contribution is 7.89. The molecule has 1 amide bonds. The number of carbonyl (C=O) groups excluding carboxylic acids is 1. The second kappa shape index (κ2) is 7.59. The molecule has 0 aliphatic carbocycles. The van der Waals surface area contributed by atoms with Gasteiger partial charge in [0.25, 0.3) is 5.91 Å². The van der Waals surface area contributed by atoms with Gasteiger partial charge in [0.15, 0.2) is 0 Å². The molecule has 6 nitrogen and oxygen atoms in total. The second-order valence-corrected chi connectivity index (χ2v) is 10.3. The van der Waals surface area contributed by atoms with Crippen molar-refractivity contribution in [3.8, 4) is 0 Å². The van der Waals surface area contributed by atoms with Crippen molar-refractivity contribution in [3.63, 3.8) is 0 Å². The lowest BCUT2D eigenvalue weighted by atomic mass is 9.80. The van der Waals surface area contributed by atoms with E-state index in [1.165, 1.54) is 15.6 Å². The maximum absolute atomic E-state index is 12.8. The third-order valence-electron chi connectivity index (χ3n) is 5.71. The van der Waals surface area contributed by atoms with Crippen LogP contribution in [0.1, 0.15) is 28.8 Å². The predicted octanol–water partition coefficient (Wildman–Crippen LogP) is 2.66. The molecular formula is C20H24N2O4S2. The zero-order valence-electron chi connectivity index (χ0n) is 15.8. The molecule has 28 heavy (non-hydrogen) atoms. The van der Waals surface area contributed by atoms with Gasteiger partial charge in [-0.05, 0) is 49.3 Å². The molecule has 1 aromatic carbocycles. The van der Waals surface area contributed by atoms with Crippen LogP contribution in [0.2, 0.25) is 0 Å². The average Bonchev–Trinajstić information content (AvgIpc) is 3.30. The van der Waals surface area contributed by atoms with Gasteiger partial charge in [0.2, 0.25) is 10.0 Å². The fraction of sp³-hybridized carbons (Fsp3) is 0.450. The number of nitrogens with one attached hydrogen (secondary N) is 1. The molecule has 1 atom stereocenters. The summed E-state index contributed by atoms with van der Waals surface area (Å²) >= 11 is 1.50. The molecule has 2 aliphatic heterocycles. The highest BCUT2D eigenvalue weighted by Crippen LogP contribution is 2.43. The molecule has 1 N–H and O–H groups in total. The zero-order valence-corrected chi connectivity index (χ0v) is 17.4. The fourth-order valence-corrected chi connectivity index (χ4v) is 6.17. The van der Waals surface area contributed by atoms with Gasteiger partial charge in [-0.1, -0.05) is 17.7 Å². The molecule has 8 heteroatoms. The van der Waals surface area contributed by atoms with Crippen LogP contribution >= 0.6 is 11.3 Å². The van der Waals surface area contributed by atoms with Crippen LogP contribution < -0.4 is 5.32 Å². The van der Waals surface area contributed by atoms with Gasteiger partial charge in [-0.25, -0.2) is 8.42 Å². The predicted molar refractivity (Wildman–Crippen MR) is 108 cm³/mol. The fourth-order valence-electron chi connectivity index (χ4n) is 3.98. The Hall–Kier alpha value is -1.74. The third-order valence-corrected chi connectivity index (χ3v) is 8.20. The first-order valence-corrected chi connectivity index (χ1v) is 11.8. The van der Waals surface area contributed by atoms with Gasteiger partial charge in [0.1, 0.15) is 0 Å². The number of hydrogen-bond acceptors (Lipinski definition) is 5. The Morgan fingerprint density at radius 2 is 2.04 bits per heavy atom. The van der Waals surface area contributed by atoms with Crippen LogP contribution in [0.25, 0.3) is 0 Å². The van der Waals surface area contributed by atoms with Gasteiger partial charge < -0.3 is 10.1 Å². The van der Waals surface area contributed by atoms with Gasteiger partial charge >= 0.3 is 0 Å². The SMILES string of the molecule is Cc1ccc(S(=O)(=O)N2CC3(C2)OCC[C@@H]3CCNC(=O)c2ccsc2)cc1. The molecule has 2 aromatic rings. The number of sulfonamides is 1. The van der Waals surface area contributed by atoms with E-state index in [-0.39, 0.29) is 11.8 Å². The smallest absolute Gasteiger partial charge is 0.252 e. The van der Waals surface area contributed by atoms with Gasteiger partial charge in [-0.2, -0.15) is 15.6 Å². The molecular weight excluding hydrogens is 396 g/mol. The summed E-state index contributed by atoms with van der Waals surface area (Å²) < 4.78 is 33.1. The summed E-state index contributed by atoms with van der Waals surface area (Å²) in [5, 5.41) is 6.66. The summed E-state index contributed by atoms with van der Waals surface area (Å²) in [4.78, 5) is 12.4. The van der Waals surface area contributed by atoms with Crippen molar-refractivity contribution in [1.82, 2.24) is 9.62 Å². The van der Waals surface area contributed by atoms with Crippen molar-refractivity contribution < 1.29 is 17.9 Å². The third kappa shape index (κ3) is 3.61. The van der Waals surface area contributed by atoms with Crippen molar-refractivity contribution in [1.29, 1.82) is 0 Å². The van der Waals surface area contributed by atoms with Crippen molar-refractivity contribution in [2.24, 2.45) is 5.92 Å². The Kier molecular flexibility index (Phi) is 5.30. The van der Waals surface area contributed by atoms with Crippen LogP contribution in [-0.4, -0.2) is 50.5 Å². The summed E-state index contributed by atoms with van der Waals surface area (Å²) in [7, 11) is -3.48. The lowest BCUT2D eigenvalue weighted by Gasteiger charge is -2.49. The van der Waals surface area contributed by atoms with Gasteiger partial charge in [-0.3, -0.25) is 4.79 Å². The van der Waals surface area contributed by atoms with Crippen LogP contribution in [0.3, 0.4) is 0 Å². The molecule has 2 fully saturated rings. The van der Waals surface area contributed by atoms with E-state index in [1.54, 1.807) is 18.2 Å². The number of thiophene rings is 1. The Morgan fingerprint density at radius 1 is 1.29 bits per heavy atom. The first kappa shape index (κ1) is 19.6. The van der Waals surface area contributed by atoms with Crippen molar-refractivity contribution in [3.05, 3.63) is 52.2 Å². The first-order chi connectivity index (χ1) is 13.4. The van der Waals surface area contributed by atoms with Crippen molar-refractivity contribution in [2.45, 2.75) is 30.3 Å². The van der Waals surface area contributed by atoms with Crippen LogP contribution in [0, 0.1) is 12.8 Å². The summed E-state index contributed by atoms with van der Waals surface area (Å²) in [5.74, 6) is 0.186. The molecule has 1 spiro atoms. The molecule has 0 saturated carbocycles. The molecule has 3 heterocycles. The average molecular weight is 421 g/mol. The second-order valence-electron chi connectivity index (χ2n) is 7.54. The van der Waals surface area contributed by atoms with E-state index < -0.39 is 15.6 Å². The van der Waals surface area contributed by atoms with Gasteiger partial charge in [0.05, 0.1) is 10.5 Å². The number of carbonyl (C=O) groups is 1. The minimum Gasteiger partial charge on any atom is -0.372 e. The molecule has 0 bridgehead atoms. The maximum Gasteiger partial charge on any atom is 0.252 e. The topological polar surface area (TPSA) is 75.7 Å². The molecule has 0 radical (unpaired) electrons. The molecule has 4 rings (SSSR count). The number of nitrogens with zero attached hydrogens (tertiary/aromatic N) is 1. The van der Waals surface area contributed by atoms with Crippen molar-refractivity contribution in [2.75, 3.05) is 26.2 Å². The summed E-state index contributed by atoms with van der Waals surface area (Å²) in [6, 6.07) is 8.74. The Morgan fingerprint density at radius 3 is 2.71 bits per heavy atom. The molecule has 2 aliphatic rings.